The molecule has 1 heterocycles. The molecule has 108 valence electrons. The van der Waals surface area contributed by atoms with Crippen molar-refractivity contribution in [2.24, 2.45) is 0 Å². The number of nitrogens with one attached hydrogen (secondary N) is 1. The molecule has 5 heteroatoms. The highest BCUT2D eigenvalue weighted by molar-refractivity contribution is 9.10. The molecule has 1 aliphatic heterocycles. The van der Waals surface area contributed by atoms with Gasteiger partial charge in [0.05, 0.1) is 4.47 Å². The van der Waals surface area contributed by atoms with Gasteiger partial charge < -0.3 is 10.1 Å². The van der Waals surface area contributed by atoms with Crippen LogP contribution in [-0.2, 0) is 11.2 Å². The molecule has 0 aliphatic carbocycles. The molecule has 0 spiro atoms. The van der Waals surface area contributed by atoms with Gasteiger partial charge in [-0.25, -0.2) is 4.39 Å². The number of para-hydroxylation sites is 1. The zero-order valence-corrected chi connectivity index (χ0v) is 12.7. The van der Waals surface area contributed by atoms with Crippen molar-refractivity contribution in [3.63, 3.8) is 0 Å². The summed E-state index contributed by atoms with van der Waals surface area (Å²) in [5.74, 6) is -0.0742. The Kier molecular flexibility index (Phi) is 3.92. The molecule has 1 amide bonds. The van der Waals surface area contributed by atoms with Crippen molar-refractivity contribution in [1.82, 2.24) is 0 Å². The molecule has 3 rings (SSSR count). The normalized spacial score (nSPS) is 17.6. The van der Waals surface area contributed by atoms with Crippen LogP contribution >= 0.6 is 15.9 Å². The Bertz CT molecular complexity index is 690. The third-order valence-corrected chi connectivity index (χ3v) is 4.02. The van der Waals surface area contributed by atoms with Crippen LogP contribution in [0.25, 0.3) is 0 Å². The third kappa shape index (κ3) is 3.08. The smallest absolute Gasteiger partial charge is 0.265 e. The number of amides is 1. The standard InChI is InChI=1S/C16H13BrFNO2/c17-12-9-11(6-7-13(12)18)21-15-8-5-10-3-1-2-4-14(10)19-16(15)20/h1-4,6-7,9,15H,5,8H2,(H,19,20). The van der Waals surface area contributed by atoms with E-state index in [4.69, 9.17) is 4.74 Å². The monoisotopic (exact) mass is 349 g/mol. The van der Waals surface area contributed by atoms with E-state index in [2.05, 4.69) is 21.2 Å². The molecule has 0 bridgehead atoms. The van der Waals surface area contributed by atoms with Crippen molar-refractivity contribution in [3.8, 4) is 5.75 Å². The molecule has 1 atom stereocenters. The zero-order valence-electron chi connectivity index (χ0n) is 11.1. The SMILES string of the molecule is O=C1Nc2ccccc2CCC1Oc1ccc(F)c(Br)c1. The fourth-order valence-electron chi connectivity index (χ4n) is 2.32. The Morgan fingerprint density at radius 2 is 2.05 bits per heavy atom. The highest BCUT2D eigenvalue weighted by Crippen LogP contribution is 2.26. The molecule has 0 aromatic heterocycles. The molecule has 1 aliphatic rings. The van der Waals surface area contributed by atoms with Crippen LogP contribution in [0.15, 0.2) is 46.9 Å². The quantitative estimate of drug-likeness (QED) is 0.892. The van der Waals surface area contributed by atoms with Crippen LogP contribution in [0.5, 0.6) is 5.75 Å². The maximum absolute atomic E-state index is 13.2. The Morgan fingerprint density at radius 1 is 1.24 bits per heavy atom. The number of aryl methyl sites for hydroxylation is 1. The molecular formula is C16H13BrFNO2. The van der Waals surface area contributed by atoms with E-state index in [-0.39, 0.29) is 11.7 Å². The van der Waals surface area contributed by atoms with Gasteiger partial charge in [0.15, 0.2) is 6.10 Å². The minimum Gasteiger partial charge on any atom is -0.481 e. The summed E-state index contributed by atoms with van der Waals surface area (Å²) >= 11 is 3.11. The van der Waals surface area contributed by atoms with Gasteiger partial charge in [-0.2, -0.15) is 0 Å². The summed E-state index contributed by atoms with van der Waals surface area (Å²) in [5.41, 5.74) is 1.92. The summed E-state index contributed by atoms with van der Waals surface area (Å²) in [7, 11) is 0. The third-order valence-electron chi connectivity index (χ3n) is 3.41. The van der Waals surface area contributed by atoms with E-state index in [9.17, 15) is 9.18 Å². The molecule has 2 aromatic carbocycles. The summed E-state index contributed by atoms with van der Waals surface area (Å²) < 4.78 is 19.2. The van der Waals surface area contributed by atoms with E-state index < -0.39 is 6.10 Å². The number of anilines is 1. The molecule has 3 nitrogen and oxygen atoms in total. The second kappa shape index (κ2) is 5.85. The molecule has 21 heavy (non-hydrogen) atoms. The highest BCUT2D eigenvalue weighted by atomic mass is 79.9. The number of carbonyl (C=O) groups excluding carboxylic acids is 1. The van der Waals surface area contributed by atoms with Gasteiger partial charge in [0.1, 0.15) is 11.6 Å². The van der Waals surface area contributed by atoms with Gasteiger partial charge in [-0.1, -0.05) is 18.2 Å². The maximum Gasteiger partial charge on any atom is 0.265 e. The summed E-state index contributed by atoms with van der Waals surface area (Å²) in [6.45, 7) is 0. The van der Waals surface area contributed by atoms with Crippen LogP contribution in [0, 0.1) is 5.82 Å². The maximum atomic E-state index is 13.2. The molecule has 1 unspecified atom stereocenters. The lowest BCUT2D eigenvalue weighted by Gasteiger charge is -2.16. The Morgan fingerprint density at radius 3 is 2.86 bits per heavy atom. The van der Waals surface area contributed by atoms with E-state index in [0.29, 0.717) is 16.6 Å². The zero-order chi connectivity index (χ0) is 14.8. The molecular weight excluding hydrogens is 337 g/mol. The number of halogens is 2. The minimum absolute atomic E-state index is 0.180. The summed E-state index contributed by atoms with van der Waals surface area (Å²) in [6.07, 6.45) is 0.745. The van der Waals surface area contributed by atoms with Gasteiger partial charge in [-0.3, -0.25) is 4.79 Å². The number of rotatable bonds is 2. The predicted octanol–water partition coefficient (Wildman–Crippen LogP) is 3.92. The summed E-state index contributed by atoms with van der Waals surface area (Å²) in [6, 6.07) is 12.1. The number of ether oxygens (including phenoxy) is 1. The van der Waals surface area contributed by atoms with Gasteiger partial charge in [-0.15, -0.1) is 0 Å². The van der Waals surface area contributed by atoms with E-state index in [1.165, 1.54) is 18.2 Å². The number of hydrogen-bond acceptors (Lipinski definition) is 2. The van der Waals surface area contributed by atoms with Crippen molar-refractivity contribution in [1.29, 1.82) is 0 Å². The Hall–Kier alpha value is -1.88. The lowest BCUT2D eigenvalue weighted by molar-refractivity contribution is -0.122. The number of carbonyl (C=O) groups is 1. The number of fused-ring (bicyclic) bond motifs is 1. The lowest BCUT2D eigenvalue weighted by atomic mass is 10.1. The molecule has 2 aromatic rings. The fourth-order valence-corrected chi connectivity index (χ4v) is 2.68. The lowest BCUT2D eigenvalue weighted by Crippen LogP contribution is -2.31. The van der Waals surface area contributed by atoms with Crippen LogP contribution in [0.4, 0.5) is 10.1 Å². The first-order valence-corrected chi connectivity index (χ1v) is 7.43. The minimum atomic E-state index is -0.588. The first kappa shape index (κ1) is 14.1. The number of benzene rings is 2. The van der Waals surface area contributed by atoms with Gasteiger partial charge >= 0.3 is 0 Å². The van der Waals surface area contributed by atoms with Gasteiger partial charge in [-0.05, 0) is 58.6 Å². The van der Waals surface area contributed by atoms with E-state index in [1.807, 2.05) is 24.3 Å². The molecule has 0 saturated carbocycles. The van der Waals surface area contributed by atoms with Crippen molar-refractivity contribution in [2.75, 3.05) is 5.32 Å². The molecule has 1 N–H and O–H groups in total. The predicted molar refractivity (Wildman–Crippen MR) is 81.9 cm³/mol. The second-order valence-corrected chi connectivity index (χ2v) is 5.72. The van der Waals surface area contributed by atoms with Crippen molar-refractivity contribution < 1.29 is 13.9 Å². The van der Waals surface area contributed by atoms with Crippen LogP contribution in [0.1, 0.15) is 12.0 Å². The number of hydrogen-bond donors (Lipinski definition) is 1. The highest BCUT2D eigenvalue weighted by Gasteiger charge is 2.25. The first-order chi connectivity index (χ1) is 10.1. The topological polar surface area (TPSA) is 38.3 Å². The fraction of sp³-hybridized carbons (Fsp3) is 0.188. The van der Waals surface area contributed by atoms with Crippen LogP contribution in [0.2, 0.25) is 0 Å². The van der Waals surface area contributed by atoms with Crippen molar-refractivity contribution >= 4 is 27.5 Å². The Labute approximate surface area is 130 Å². The molecule has 0 fully saturated rings. The van der Waals surface area contributed by atoms with E-state index in [0.717, 1.165) is 17.7 Å². The second-order valence-electron chi connectivity index (χ2n) is 4.87. The van der Waals surface area contributed by atoms with Crippen LogP contribution < -0.4 is 10.1 Å². The van der Waals surface area contributed by atoms with Crippen LogP contribution in [0.3, 0.4) is 0 Å². The van der Waals surface area contributed by atoms with E-state index in [1.54, 1.807) is 0 Å². The average Bonchev–Trinajstić information content (AvgIpc) is 2.63. The van der Waals surface area contributed by atoms with Gasteiger partial charge in [0, 0.05) is 5.69 Å². The summed E-state index contributed by atoms with van der Waals surface area (Å²) in [4.78, 5) is 12.2. The molecule has 0 radical (unpaired) electrons. The summed E-state index contributed by atoms with van der Waals surface area (Å²) in [5, 5.41) is 2.87. The van der Waals surface area contributed by atoms with Crippen molar-refractivity contribution in [3.05, 3.63) is 58.3 Å². The van der Waals surface area contributed by atoms with Crippen LogP contribution in [-0.4, -0.2) is 12.0 Å². The molecule has 0 saturated heterocycles. The average molecular weight is 350 g/mol. The van der Waals surface area contributed by atoms with Gasteiger partial charge in [0.25, 0.3) is 5.91 Å². The first-order valence-electron chi connectivity index (χ1n) is 6.64. The largest absolute Gasteiger partial charge is 0.481 e. The van der Waals surface area contributed by atoms with Gasteiger partial charge in [0.2, 0.25) is 0 Å². The van der Waals surface area contributed by atoms with E-state index >= 15 is 0 Å². The van der Waals surface area contributed by atoms with Crippen molar-refractivity contribution in [2.45, 2.75) is 18.9 Å². The Balaban J connectivity index is 1.78.